The topological polar surface area (TPSA) is 277 Å². The first kappa shape index (κ1) is 55.7. The minimum atomic E-state index is -1.14. The van der Waals surface area contributed by atoms with Crippen molar-refractivity contribution < 1.29 is 57.4 Å². The molecule has 2 aromatic carbocycles. The standard InChI is InChI=1S/C56H65BN8O12/c1-5-32-34-20-35-36(52(72)38(34)27-77-54(32)74)21-37-50-40(17-16-33-30(3)39(57)22-41(49(33)50)64-51(35)37)62-47(70)28-76-29-61-45(68)25-60-53(73)42(19-31-13-9-7-10-14-31)63-46(69)26-59-44(67)24-58-43(66)15-11-8-12-18-65-48(71)23-56(4,6-2)55(65)75/h7,9-10,13-14,20,22,32,36,40,42H,5-6,8,11-12,15-19,21,23-29H2,1-4H3,(H,58,66)(H,59,67)(H,60,73)(H,61,68)(H,62,70)(H,63,69). The van der Waals surface area contributed by atoms with Crippen LogP contribution in [0.2, 0.25) is 0 Å². The number of benzene rings is 2. The molecule has 77 heavy (non-hydrogen) atoms. The third kappa shape index (κ3) is 12.4. The van der Waals surface area contributed by atoms with Crippen molar-refractivity contribution in [2.24, 2.45) is 17.3 Å². The molecule has 0 spiro atoms. The summed E-state index contributed by atoms with van der Waals surface area (Å²) < 4.78 is 11.0. The van der Waals surface area contributed by atoms with Gasteiger partial charge >= 0.3 is 5.97 Å². The maximum absolute atomic E-state index is 14.0. The Hall–Kier alpha value is -7.55. The smallest absolute Gasteiger partial charge is 0.313 e. The van der Waals surface area contributed by atoms with Gasteiger partial charge in [-0.15, -0.1) is 0 Å². The highest BCUT2D eigenvalue weighted by molar-refractivity contribution is 6.34. The van der Waals surface area contributed by atoms with Crippen LogP contribution < -0.4 is 37.4 Å². The number of ketones is 1. The molecule has 1 fully saturated rings. The quantitative estimate of drug-likeness (QED) is 0.0258. The number of hydrogen-bond acceptors (Lipinski definition) is 13. The number of amides is 8. The van der Waals surface area contributed by atoms with Crippen LogP contribution in [0.4, 0.5) is 0 Å². The van der Waals surface area contributed by atoms with Crippen LogP contribution in [0, 0.1) is 24.2 Å². The van der Waals surface area contributed by atoms with Gasteiger partial charge in [-0.05, 0) is 91.3 Å². The predicted molar refractivity (Wildman–Crippen MR) is 281 cm³/mol. The van der Waals surface area contributed by atoms with Gasteiger partial charge in [0, 0.05) is 36.8 Å². The normalized spacial score (nSPS) is 20.6. The molecule has 5 aliphatic rings. The Morgan fingerprint density at radius 1 is 0.896 bits per heavy atom. The van der Waals surface area contributed by atoms with Crippen molar-refractivity contribution in [3.63, 3.8) is 0 Å². The summed E-state index contributed by atoms with van der Waals surface area (Å²) in [7, 11) is 6.49. The summed E-state index contributed by atoms with van der Waals surface area (Å²) in [6.45, 7) is 5.60. The van der Waals surface area contributed by atoms with E-state index in [0.717, 1.165) is 33.2 Å². The molecule has 0 saturated carbocycles. The van der Waals surface area contributed by atoms with Crippen molar-refractivity contribution in [1.82, 2.24) is 41.8 Å². The maximum Gasteiger partial charge on any atom is 0.313 e. The number of fused-ring (bicyclic) bond motifs is 4. The summed E-state index contributed by atoms with van der Waals surface area (Å²) in [5.74, 6) is -5.32. The molecule has 6 N–H and O–H groups in total. The third-order valence-electron chi connectivity index (χ3n) is 15.5. The van der Waals surface area contributed by atoms with Crippen molar-refractivity contribution in [2.75, 3.05) is 46.1 Å². The van der Waals surface area contributed by atoms with Crippen molar-refractivity contribution in [1.29, 1.82) is 0 Å². The number of esters is 1. The van der Waals surface area contributed by atoms with E-state index in [1.807, 2.05) is 32.9 Å². The second-order valence-corrected chi connectivity index (χ2v) is 20.6. The van der Waals surface area contributed by atoms with E-state index in [4.69, 9.17) is 22.3 Å². The fraction of sp³-hybridized carbons (Fsp3) is 0.482. The Morgan fingerprint density at radius 3 is 2.36 bits per heavy atom. The summed E-state index contributed by atoms with van der Waals surface area (Å²) >= 11 is 0. The van der Waals surface area contributed by atoms with Crippen LogP contribution in [0.3, 0.4) is 0 Å². The number of nitrogens with zero attached hydrogens (tertiary/aromatic N) is 2. The first-order valence-electron chi connectivity index (χ1n) is 26.4. The average molecular weight is 1050 g/mol. The van der Waals surface area contributed by atoms with Crippen LogP contribution in [-0.2, 0) is 76.7 Å². The minimum absolute atomic E-state index is 0.0612. The lowest BCUT2D eigenvalue weighted by molar-refractivity contribution is -0.148. The number of aryl methyl sites for hydroxylation is 1. The number of unbranched alkanes of at least 4 members (excludes halogenated alkanes) is 2. The van der Waals surface area contributed by atoms with E-state index in [2.05, 4.69) is 31.9 Å². The summed E-state index contributed by atoms with van der Waals surface area (Å²) in [4.78, 5) is 136. The molecule has 2 radical (unpaired) electrons. The number of rotatable bonds is 23. The van der Waals surface area contributed by atoms with Gasteiger partial charge in [0.15, 0.2) is 5.78 Å². The number of ether oxygens (including phenoxy) is 2. The zero-order chi connectivity index (χ0) is 55.1. The summed E-state index contributed by atoms with van der Waals surface area (Å²) in [6.07, 6.45) is 6.55. The van der Waals surface area contributed by atoms with Gasteiger partial charge in [0.1, 0.15) is 33.8 Å². The van der Waals surface area contributed by atoms with Gasteiger partial charge in [-0.25, -0.2) is 4.98 Å². The molecule has 21 heteroatoms. The number of Topliss-reactive ketones (excluding diaryl/α,β-unsaturated/α-hetero) is 1. The van der Waals surface area contributed by atoms with Crippen molar-refractivity contribution in [2.45, 2.75) is 110 Å². The fourth-order valence-electron chi connectivity index (χ4n) is 11.0. The molecule has 3 aliphatic carbocycles. The molecule has 8 rings (SSSR count). The third-order valence-corrected chi connectivity index (χ3v) is 15.5. The van der Waals surface area contributed by atoms with Gasteiger partial charge in [0.2, 0.25) is 47.3 Å². The first-order chi connectivity index (χ1) is 36.9. The number of nitrogens with one attached hydrogen (secondary N) is 6. The Morgan fingerprint density at radius 2 is 1.62 bits per heavy atom. The maximum atomic E-state index is 14.0. The zero-order valence-corrected chi connectivity index (χ0v) is 43.9. The summed E-state index contributed by atoms with van der Waals surface area (Å²) in [5.41, 5.74) is 7.58. The number of carbonyl (C=O) groups is 10. The molecule has 0 bridgehead atoms. The molecule has 1 aromatic heterocycles. The molecule has 20 nitrogen and oxygen atoms in total. The SMILES string of the molecule is [B]c1cc2nc3c(c4c2c(c1C)CCC4NC(=O)COCNC(=O)CNC(=O)C(Cc1ccccc1)NC(=O)CNC(=O)CNC(=O)CCCCCN1C(=O)CC(C)(CC)C1=O)CC1C(=O)C2=C(C=C31)C(CC)C(=O)OC2. The van der Waals surface area contributed by atoms with Crippen molar-refractivity contribution in [3.8, 4) is 0 Å². The fourth-order valence-corrected chi connectivity index (χ4v) is 11.0. The van der Waals surface area contributed by atoms with Crippen LogP contribution in [0.15, 0.2) is 53.6 Å². The van der Waals surface area contributed by atoms with Gasteiger partial charge in [-0.1, -0.05) is 74.6 Å². The molecule has 1 saturated heterocycles. The van der Waals surface area contributed by atoms with Gasteiger partial charge in [-0.3, -0.25) is 52.8 Å². The number of aromatic nitrogens is 1. The Bertz CT molecular complexity index is 2990. The highest BCUT2D eigenvalue weighted by Crippen LogP contribution is 2.50. The van der Waals surface area contributed by atoms with Crippen LogP contribution >= 0.6 is 0 Å². The summed E-state index contributed by atoms with van der Waals surface area (Å²) in [6, 6.07) is 9.07. The molecular weight excluding hydrogens is 987 g/mol. The molecule has 5 atom stereocenters. The largest absolute Gasteiger partial charge is 0.460 e. The van der Waals surface area contributed by atoms with Gasteiger partial charge in [0.05, 0.1) is 54.1 Å². The van der Waals surface area contributed by atoms with E-state index in [1.165, 1.54) is 4.90 Å². The van der Waals surface area contributed by atoms with Gasteiger partial charge < -0.3 is 41.4 Å². The van der Waals surface area contributed by atoms with E-state index in [9.17, 15) is 47.9 Å². The highest BCUT2D eigenvalue weighted by atomic mass is 16.5. The lowest BCUT2D eigenvalue weighted by atomic mass is 9.77. The second kappa shape index (κ2) is 24.2. The number of likely N-dealkylation sites (tertiary alicyclic amines) is 1. The molecule has 8 amide bonds. The highest BCUT2D eigenvalue weighted by Gasteiger charge is 2.47. The molecule has 3 aromatic rings. The van der Waals surface area contributed by atoms with Crippen LogP contribution in [-0.4, -0.2) is 129 Å². The van der Waals surface area contributed by atoms with E-state index in [0.29, 0.717) is 91.3 Å². The number of allylic oxidation sites excluding steroid dienone is 2. The Balaban J connectivity index is 0.781. The predicted octanol–water partition coefficient (Wildman–Crippen LogP) is 1.36. The number of cyclic esters (lactones) is 1. The lowest BCUT2D eigenvalue weighted by Gasteiger charge is -2.30. The van der Waals surface area contributed by atoms with E-state index in [-0.39, 0.29) is 68.6 Å². The zero-order valence-electron chi connectivity index (χ0n) is 43.9. The van der Waals surface area contributed by atoms with Gasteiger partial charge in [0.25, 0.3) is 0 Å². The molecule has 3 heterocycles. The Kier molecular flexibility index (Phi) is 17.5. The van der Waals surface area contributed by atoms with Crippen molar-refractivity contribution in [3.05, 3.63) is 87.1 Å². The van der Waals surface area contributed by atoms with Crippen LogP contribution in [0.25, 0.3) is 16.5 Å². The molecule has 2 aliphatic heterocycles. The van der Waals surface area contributed by atoms with Gasteiger partial charge in [-0.2, -0.15) is 0 Å². The van der Waals surface area contributed by atoms with Crippen molar-refractivity contribution >= 4 is 88.8 Å². The van der Waals surface area contributed by atoms with Crippen LogP contribution in [0.5, 0.6) is 0 Å². The number of carbonyl (C=O) groups excluding carboxylic acids is 10. The molecule has 5 unspecified atom stereocenters. The number of hydrogen-bond donors (Lipinski definition) is 6. The van der Waals surface area contributed by atoms with E-state index < -0.39 is 78.6 Å². The van der Waals surface area contributed by atoms with E-state index in [1.54, 1.807) is 37.3 Å². The monoisotopic (exact) mass is 1050 g/mol. The van der Waals surface area contributed by atoms with E-state index >= 15 is 0 Å². The lowest BCUT2D eigenvalue weighted by Crippen LogP contribution is -2.52. The molecule has 404 valence electrons. The van der Waals surface area contributed by atoms with Crippen LogP contribution in [0.1, 0.15) is 112 Å². The average Bonchev–Trinajstić information content (AvgIpc) is 4.00. The Labute approximate surface area is 447 Å². The number of imide groups is 1. The second-order valence-electron chi connectivity index (χ2n) is 20.6. The summed E-state index contributed by atoms with van der Waals surface area (Å²) in [5, 5.41) is 16.6. The number of pyridine rings is 1. The molecular formula is C56H65BN8O12. The first-order valence-corrected chi connectivity index (χ1v) is 26.4. The minimum Gasteiger partial charge on any atom is -0.460 e.